The number of carbonyl (C=O) groups is 1. The molecule has 0 spiro atoms. The largest absolute Gasteiger partial charge is 0.332 e. The van der Waals surface area contributed by atoms with Gasteiger partial charge in [0.25, 0.3) is 11.5 Å². The maximum atomic E-state index is 13.7. The number of pyridine rings is 1. The van der Waals surface area contributed by atoms with Crippen molar-refractivity contribution in [2.45, 2.75) is 60.9 Å². The molecule has 39 heavy (non-hydrogen) atoms. The van der Waals surface area contributed by atoms with Crippen LogP contribution in [0.5, 0.6) is 0 Å². The summed E-state index contributed by atoms with van der Waals surface area (Å²) in [6.45, 7) is 15.3. The van der Waals surface area contributed by atoms with Crippen LogP contribution in [0.3, 0.4) is 0 Å². The molecule has 1 aliphatic heterocycles. The molecule has 0 radical (unpaired) electrons. The summed E-state index contributed by atoms with van der Waals surface area (Å²) < 4.78 is 2.67. The Hall–Kier alpha value is -3.31. The van der Waals surface area contributed by atoms with Crippen LogP contribution < -0.4 is 16.3 Å². The molecule has 0 aromatic carbocycles. The van der Waals surface area contributed by atoms with E-state index < -0.39 is 11.2 Å². The molecule has 3 aromatic rings. The third-order valence-electron chi connectivity index (χ3n) is 6.32. The number of amides is 1. The number of carbonyl (C=O) groups excluding carboxylic acids is 1. The summed E-state index contributed by atoms with van der Waals surface area (Å²) >= 11 is 1.33. The lowest BCUT2D eigenvalue weighted by molar-refractivity contribution is -0.0771. The molecule has 1 saturated heterocycles. The summed E-state index contributed by atoms with van der Waals surface area (Å²) in [5, 5.41) is 8.05. The molecular weight excluding hydrogens is 516 g/mol. The number of aromatic nitrogens is 3. The highest BCUT2D eigenvalue weighted by atomic mass is 32.1. The summed E-state index contributed by atoms with van der Waals surface area (Å²) in [5.74, 6) is 0.547. The zero-order chi connectivity index (χ0) is 28.9. The van der Waals surface area contributed by atoms with Crippen LogP contribution in [0, 0.1) is 11.8 Å². The Morgan fingerprint density at radius 3 is 2.56 bits per heavy atom. The van der Waals surface area contributed by atoms with Crippen molar-refractivity contribution in [2.75, 3.05) is 24.7 Å². The Balaban J connectivity index is 0.00000205. The summed E-state index contributed by atoms with van der Waals surface area (Å²) in [6.07, 6.45) is 4.03. The van der Waals surface area contributed by atoms with Crippen LogP contribution in [-0.2, 0) is 18.3 Å². The SMILES string of the molecule is CC.CCN(/N=C\C(C)Cc1sc2c(c1C(=O)N1CC(C)CO1)c(=O)n(C)c(=O)n2C(C)C)c1ccccn1. The lowest BCUT2D eigenvalue weighted by Crippen LogP contribution is -2.39. The van der Waals surface area contributed by atoms with Gasteiger partial charge in [0.15, 0.2) is 0 Å². The molecule has 10 nitrogen and oxygen atoms in total. The molecule has 3 aromatic heterocycles. The Bertz CT molecular complexity index is 1430. The summed E-state index contributed by atoms with van der Waals surface area (Å²) in [5.41, 5.74) is -0.543. The molecule has 1 amide bonds. The number of rotatable bonds is 8. The van der Waals surface area contributed by atoms with E-state index in [2.05, 4.69) is 10.1 Å². The van der Waals surface area contributed by atoms with Gasteiger partial charge in [-0.05, 0) is 45.2 Å². The third-order valence-corrected chi connectivity index (χ3v) is 7.53. The normalized spacial score (nSPS) is 16.1. The van der Waals surface area contributed by atoms with E-state index in [1.165, 1.54) is 23.4 Å². The first-order valence-corrected chi connectivity index (χ1v) is 14.4. The average molecular weight is 557 g/mol. The molecular formula is C28H40N6O4S. The predicted octanol–water partition coefficient (Wildman–Crippen LogP) is 4.48. The second-order valence-electron chi connectivity index (χ2n) is 9.81. The second kappa shape index (κ2) is 13.2. The highest BCUT2D eigenvalue weighted by Crippen LogP contribution is 2.33. The molecule has 4 heterocycles. The predicted molar refractivity (Wildman–Crippen MR) is 158 cm³/mol. The minimum Gasteiger partial charge on any atom is -0.282 e. The van der Waals surface area contributed by atoms with Crippen molar-refractivity contribution in [1.82, 2.24) is 19.2 Å². The van der Waals surface area contributed by atoms with E-state index >= 15 is 0 Å². The standard InChI is InChI=1S/C26H34N6O4S.C2H6/c1-7-30(20-10-8-9-11-27-20)28-13-17(4)12-19-21(24(34)31-14-18(5)15-36-31)22-23(33)29(6)26(35)32(16(2)3)25(22)37-19;1-2/h8-11,13,16-18H,7,12,14-15H2,1-6H3;1-2H3/b28-13-;. The number of hydrazone groups is 1. The molecule has 1 aliphatic rings. The van der Waals surface area contributed by atoms with Crippen molar-refractivity contribution >= 4 is 39.5 Å². The lowest BCUT2D eigenvalue weighted by Gasteiger charge is -2.17. The first-order valence-electron chi connectivity index (χ1n) is 13.6. The summed E-state index contributed by atoms with van der Waals surface area (Å²) in [4.78, 5) is 51.3. The number of fused-ring (bicyclic) bond motifs is 1. The third kappa shape index (κ3) is 6.30. The molecule has 0 saturated carbocycles. The van der Waals surface area contributed by atoms with Crippen LogP contribution in [0.2, 0.25) is 0 Å². The van der Waals surface area contributed by atoms with Crippen LogP contribution >= 0.6 is 11.3 Å². The fraction of sp³-hybridized carbons (Fsp3) is 0.536. The van der Waals surface area contributed by atoms with Crippen molar-refractivity contribution in [3.63, 3.8) is 0 Å². The molecule has 0 bridgehead atoms. The van der Waals surface area contributed by atoms with Gasteiger partial charge in [-0.3, -0.25) is 23.6 Å². The van der Waals surface area contributed by atoms with Crippen LogP contribution in [0.25, 0.3) is 10.2 Å². The van der Waals surface area contributed by atoms with Crippen molar-refractivity contribution < 1.29 is 9.63 Å². The smallest absolute Gasteiger partial charge is 0.282 e. The number of nitrogens with zero attached hydrogens (tertiary/aromatic N) is 6. The van der Waals surface area contributed by atoms with Crippen molar-refractivity contribution in [1.29, 1.82) is 0 Å². The van der Waals surface area contributed by atoms with Crippen molar-refractivity contribution in [3.8, 4) is 0 Å². The minimum absolute atomic E-state index is 0.0566. The van der Waals surface area contributed by atoms with Gasteiger partial charge in [-0.25, -0.2) is 19.9 Å². The van der Waals surface area contributed by atoms with E-state index in [-0.39, 0.29) is 29.2 Å². The average Bonchev–Trinajstić information content (AvgIpc) is 3.52. The van der Waals surface area contributed by atoms with E-state index in [1.54, 1.807) is 15.8 Å². The molecule has 2 atom stereocenters. The number of hydrogen-bond donors (Lipinski definition) is 0. The van der Waals surface area contributed by atoms with E-state index in [0.29, 0.717) is 36.5 Å². The lowest BCUT2D eigenvalue weighted by atomic mass is 10.0. The molecule has 0 aliphatic carbocycles. The number of anilines is 1. The number of hydrogen-bond acceptors (Lipinski definition) is 8. The highest BCUT2D eigenvalue weighted by molar-refractivity contribution is 7.19. The number of thiophene rings is 1. The van der Waals surface area contributed by atoms with Gasteiger partial charge < -0.3 is 0 Å². The topological polar surface area (TPSA) is 102 Å². The van der Waals surface area contributed by atoms with Gasteiger partial charge >= 0.3 is 5.69 Å². The number of hydroxylamine groups is 2. The Morgan fingerprint density at radius 1 is 1.28 bits per heavy atom. The van der Waals surface area contributed by atoms with Gasteiger partial charge in [-0.15, -0.1) is 11.3 Å². The van der Waals surface area contributed by atoms with Gasteiger partial charge in [0.1, 0.15) is 10.6 Å². The molecule has 1 fully saturated rings. The van der Waals surface area contributed by atoms with E-state index in [9.17, 15) is 14.4 Å². The van der Waals surface area contributed by atoms with Crippen molar-refractivity contribution in [2.24, 2.45) is 24.0 Å². The van der Waals surface area contributed by atoms with Crippen LogP contribution in [0.4, 0.5) is 5.82 Å². The first kappa shape index (κ1) is 30.2. The van der Waals surface area contributed by atoms with E-state index in [0.717, 1.165) is 15.3 Å². The van der Waals surface area contributed by atoms with Gasteiger partial charge in [0.2, 0.25) is 0 Å². The summed E-state index contributed by atoms with van der Waals surface area (Å²) in [7, 11) is 1.45. The Morgan fingerprint density at radius 2 is 2.00 bits per heavy atom. The maximum Gasteiger partial charge on any atom is 0.332 e. The molecule has 0 N–H and O–H groups in total. The fourth-order valence-corrected chi connectivity index (χ4v) is 5.93. The molecule has 2 unspecified atom stereocenters. The zero-order valence-electron chi connectivity index (χ0n) is 24.2. The zero-order valence-corrected chi connectivity index (χ0v) is 25.0. The van der Waals surface area contributed by atoms with Gasteiger partial charge in [-0.2, -0.15) is 5.10 Å². The van der Waals surface area contributed by atoms with E-state index in [4.69, 9.17) is 4.84 Å². The first-order chi connectivity index (χ1) is 18.6. The quantitative estimate of drug-likeness (QED) is 0.300. The Labute approximate surface area is 233 Å². The van der Waals surface area contributed by atoms with Gasteiger partial charge in [0.05, 0.1) is 24.1 Å². The molecule has 4 rings (SSSR count). The second-order valence-corrected chi connectivity index (χ2v) is 10.9. The molecule has 212 valence electrons. The summed E-state index contributed by atoms with van der Waals surface area (Å²) in [6, 6.07) is 5.48. The highest BCUT2D eigenvalue weighted by Gasteiger charge is 2.33. The monoisotopic (exact) mass is 556 g/mol. The van der Waals surface area contributed by atoms with Crippen LogP contribution in [0.15, 0.2) is 39.1 Å². The molecule has 11 heteroatoms. The van der Waals surface area contributed by atoms with E-state index in [1.807, 2.05) is 72.9 Å². The van der Waals surface area contributed by atoms with Crippen LogP contribution in [0.1, 0.15) is 69.7 Å². The van der Waals surface area contributed by atoms with Gasteiger partial charge in [-0.1, -0.05) is 33.8 Å². The maximum absolute atomic E-state index is 13.7. The fourth-order valence-electron chi connectivity index (χ4n) is 4.38. The van der Waals surface area contributed by atoms with Crippen LogP contribution in [-0.4, -0.2) is 51.0 Å². The minimum atomic E-state index is -0.469. The van der Waals surface area contributed by atoms with Crippen molar-refractivity contribution in [3.05, 3.63) is 55.7 Å². The van der Waals surface area contributed by atoms with Gasteiger partial charge in [0, 0.05) is 42.8 Å². The Kier molecular flexibility index (Phi) is 10.2.